The van der Waals surface area contributed by atoms with Gasteiger partial charge in [-0.05, 0) is 32.0 Å². The number of para-hydroxylation sites is 1. The molecular formula is C22H29NO6. The van der Waals surface area contributed by atoms with E-state index in [9.17, 15) is 9.90 Å². The van der Waals surface area contributed by atoms with Crippen molar-refractivity contribution in [1.29, 1.82) is 0 Å². The number of aliphatic hydroxyl groups excluding tert-OH is 2. The van der Waals surface area contributed by atoms with Gasteiger partial charge in [-0.1, -0.05) is 35.9 Å². The van der Waals surface area contributed by atoms with Crippen molar-refractivity contribution in [3.05, 3.63) is 59.7 Å². The topological polar surface area (TPSA) is 97.2 Å². The van der Waals surface area contributed by atoms with Gasteiger partial charge in [0.25, 0.3) is 0 Å². The van der Waals surface area contributed by atoms with Crippen LogP contribution in [0.25, 0.3) is 0 Å². The molecule has 0 aliphatic rings. The van der Waals surface area contributed by atoms with Crippen LogP contribution in [0.4, 0.5) is 10.5 Å². The minimum absolute atomic E-state index is 0.110. The van der Waals surface area contributed by atoms with Crippen molar-refractivity contribution in [1.82, 2.24) is 0 Å². The van der Waals surface area contributed by atoms with Crippen LogP contribution in [0.1, 0.15) is 30.6 Å². The number of hydrogen-bond acceptors (Lipinski definition) is 6. The number of anilines is 1. The summed E-state index contributed by atoms with van der Waals surface area (Å²) in [4.78, 5) is 12.6. The van der Waals surface area contributed by atoms with E-state index < -0.39 is 18.3 Å². The zero-order valence-electron chi connectivity index (χ0n) is 16.8. The Bertz CT molecular complexity index is 743. The summed E-state index contributed by atoms with van der Waals surface area (Å²) in [5, 5.41) is 21.3. The van der Waals surface area contributed by atoms with Crippen LogP contribution in [-0.2, 0) is 9.47 Å². The second-order valence-corrected chi connectivity index (χ2v) is 6.43. The maximum Gasteiger partial charge on any atom is 0.412 e. The Labute approximate surface area is 171 Å². The van der Waals surface area contributed by atoms with Crippen molar-refractivity contribution < 1.29 is 29.2 Å². The number of aliphatic hydroxyl groups is 2. The fraction of sp³-hybridized carbons (Fsp3) is 0.409. The van der Waals surface area contributed by atoms with Crippen molar-refractivity contribution in [3.63, 3.8) is 0 Å². The molecule has 2 atom stereocenters. The van der Waals surface area contributed by atoms with Gasteiger partial charge in [-0.15, -0.1) is 0 Å². The van der Waals surface area contributed by atoms with Crippen molar-refractivity contribution in [3.8, 4) is 5.75 Å². The van der Waals surface area contributed by atoms with Gasteiger partial charge in [0.05, 0.1) is 6.61 Å². The normalized spacial score (nSPS) is 12.8. The van der Waals surface area contributed by atoms with Gasteiger partial charge in [0, 0.05) is 30.9 Å². The highest BCUT2D eigenvalue weighted by atomic mass is 16.6. The van der Waals surface area contributed by atoms with Crippen LogP contribution in [0.15, 0.2) is 48.5 Å². The smallest absolute Gasteiger partial charge is 0.412 e. The van der Waals surface area contributed by atoms with E-state index in [0.717, 1.165) is 5.56 Å². The molecule has 0 aliphatic carbocycles. The molecule has 0 aromatic heterocycles. The van der Waals surface area contributed by atoms with Crippen LogP contribution < -0.4 is 10.1 Å². The lowest BCUT2D eigenvalue weighted by atomic mass is 10.0. The monoisotopic (exact) mass is 403 g/mol. The molecule has 0 saturated heterocycles. The summed E-state index contributed by atoms with van der Waals surface area (Å²) in [5.41, 5.74) is 2.29. The summed E-state index contributed by atoms with van der Waals surface area (Å²) in [5.74, 6) is 0.484. The Morgan fingerprint density at radius 1 is 1.07 bits per heavy atom. The minimum atomic E-state index is -0.803. The van der Waals surface area contributed by atoms with Crippen LogP contribution in [0.5, 0.6) is 5.75 Å². The van der Waals surface area contributed by atoms with Crippen LogP contribution in [-0.4, -0.2) is 48.8 Å². The third kappa shape index (κ3) is 7.05. The fourth-order valence-electron chi connectivity index (χ4n) is 2.91. The van der Waals surface area contributed by atoms with Crippen molar-refractivity contribution in [2.75, 3.05) is 31.7 Å². The Hall–Kier alpha value is -2.61. The molecular weight excluding hydrogens is 374 g/mol. The predicted octanol–water partition coefficient (Wildman–Crippen LogP) is 3.44. The van der Waals surface area contributed by atoms with E-state index in [0.29, 0.717) is 23.6 Å². The lowest BCUT2D eigenvalue weighted by molar-refractivity contribution is -0.0493. The Balaban J connectivity index is 2.27. The van der Waals surface area contributed by atoms with Crippen molar-refractivity contribution in [2.45, 2.75) is 32.5 Å². The van der Waals surface area contributed by atoms with Gasteiger partial charge in [-0.3, -0.25) is 5.32 Å². The second kappa shape index (κ2) is 12.1. The van der Waals surface area contributed by atoms with Gasteiger partial charge in [0.2, 0.25) is 0 Å². The summed E-state index contributed by atoms with van der Waals surface area (Å²) < 4.78 is 17.1. The van der Waals surface area contributed by atoms with E-state index >= 15 is 0 Å². The Morgan fingerprint density at radius 3 is 2.45 bits per heavy atom. The highest BCUT2D eigenvalue weighted by Crippen LogP contribution is 2.33. The van der Waals surface area contributed by atoms with Gasteiger partial charge in [-0.25, -0.2) is 4.79 Å². The first kappa shape index (κ1) is 22.7. The summed E-state index contributed by atoms with van der Waals surface area (Å²) in [6, 6.07) is 14.5. The zero-order chi connectivity index (χ0) is 21.1. The highest BCUT2D eigenvalue weighted by molar-refractivity contribution is 5.84. The summed E-state index contributed by atoms with van der Waals surface area (Å²) in [6.07, 6.45) is -1.72. The van der Waals surface area contributed by atoms with Gasteiger partial charge in [0.15, 0.2) is 6.10 Å². The number of hydrogen-bond donors (Lipinski definition) is 3. The highest BCUT2D eigenvalue weighted by Gasteiger charge is 2.30. The van der Waals surface area contributed by atoms with Crippen LogP contribution >= 0.6 is 0 Å². The third-order valence-electron chi connectivity index (χ3n) is 4.24. The number of aryl methyl sites for hydroxylation is 1. The summed E-state index contributed by atoms with van der Waals surface area (Å²) in [7, 11) is 0. The molecule has 1 amide bonds. The van der Waals surface area contributed by atoms with E-state index in [2.05, 4.69) is 5.32 Å². The summed E-state index contributed by atoms with van der Waals surface area (Å²) >= 11 is 0. The molecule has 0 radical (unpaired) electrons. The average Bonchev–Trinajstić information content (AvgIpc) is 2.72. The Morgan fingerprint density at radius 2 is 1.79 bits per heavy atom. The van der Waals surface area contributed by atoms with E-state index in [1.165, 1.54) is 0 Å². The Kier molecular flexibility index (Phi) is 9.43. The standard InChI is InChI=1S/C22H29NO6/c1-3-27-20(12-13-24)21(18-6-4-5-7-19(18)28-15-14-25)29-22(26)23-17-10-8-16(2)9-11-17/h4-11,20-21,24-25H,3,12-15H2,1-2H3,(H,23,26)/t20-,21-/m1/s1. The van der Waals surface area contributed by atoms with Crippen molar-refractivity contribution >= 4 is 11.8 Å². The molecule has 2 rings (SSSR count). The largest absolute Gasteiger partial charge is 0.491 e. The molecule has 2 aromatic carbocycles. The van der Waals surface area contributed by atoms with Gasteiger partial charge in [0.1, 0.15) is 18.5 Å². The first-order valence-corrected chi connectivity index (χ1v) is 9.68. The van der Waals surface area contributed by atoms with E-state index in [4.69, 9.17) is 19.3 Å². The predicted molar refractivity (Wildman–Crippen MR) is 110 cm³/mol. The number of amides is 1. The molecule has 0 heterocycles. The second-order valence-electron chi connectivity index (χ2n) is 6.43. The van der Waals surface area contributed by atoms with Crippen LogP contribution in [0.2, 0.25) is 0 Å². The number of benzene rings is 2. The molecule has 3 N–H and O–H groups in total. The van der Waals surface area contributed by atoms with E-state index in [-0.39, 0.29) is 26.2 Å². The van der Waals surface area contributed by atoms with Gasteiger partial charge < -0.3 is 24.4 Å². The molecule has 0 spiro atoms. The molecule has 7 nitrogen and oxygen atoms in total. The number of nitrogens with one attached hydrogen (secondary N) is 1. The molecule has 0 fully saturated rings. The number of ether oxygens (including phenoxy) is 3. The van der Waals surface area contributed by atoms with E-state index in [1.54, 1.807) is 36.4 Å². The molecule has 0 saturated carbocycles. The quantitative estimate of drug-likeness (QED) is 0.532. The first-order valence-electron chi connectivity index (χ1n) is 9.68. The van der Waals surface area contributed by atoms with Crippen LogP contribution in [0, 0.1) is 6.92 Å². The number of carbonyl (C=O) groups excluding carboxylic acids is 1. The summed E-state index contributed by atoms with van der Waals surface area (Å²) in [6.45, 7) is 4.04. The maximum atomic E-state index is 12.6. The fourth-order valence-corrected chi connectivity index (χ4v) is 2.91. The minimum Gasteiger partial charge on any atom is -0.491 e. The number of rotatable bonds is 11. The maximum absolute atomic E-state index is 12.6. The first-order chi connectivity index (χ1) is 14.1. The van der Waals surface area contributed by atoms with Crippen LogP contribution in [0.3, 0.4) is 0 Å². The lowest BCUT2D eigenvalue weighted by Crippen LogP contribution is -2.30. The molecule has 7 heteroatoms. The number of carbonyl (C=O) groups is 1. The third-order valence-corrected chi connectivity index (χ3v) is 4.24. The SMILES string of the molecule is CCO[C@H](CCO)[C@H](OC(=O)Nc1ccc(C)cc1)c1ccccc1OCCO. The molecule has 0 aliphatic heterocycles. The average molecular weight is 403 g/mol. The molecule has 0 bridgehead atoms. The molecule has 2 aromatic rings. The van der Waals surface area contributed by atoms with Crippen molar-refractivity contribution in [2.24, 2.45) is 0 Å². The molecule has 158 valence electrons. The van der Waals surface area contributed by atoms with Gasteiger partial charge >= 0.3 is 6.09 Å². The van der Waals surface area contributed by atoms with E-state index in [1.807, 2.05) is 26.0 Å². The lowest BCUT2D eigenvalue weighted by Gasteiger charge is -2.28. The molecule has 29 heavy (non-hydrogen) atoms. The zero-order valence-corrected chi connectivity index (χ0v) is 16.8. The molecule has 0 unspecified atom stereocenters. The van der Waals surface area contributed by atoms with Gasteiger partial charge in [-0.2, -0.15) is 0 Å².